The van der Waals surface area contributed by atoms with E-state index in [1.165, 1.54) is 27.8 Å². The average Bonchev–Trinajstić information content (AvgIpc) is 2.94. The van der Waals surface area contributed by atoms with E-state index >= 15 is 0 Å². The molecule has 2 aromatic rings. The molecule has 14 heavy (non-hydrogen) atoms. The van der Waals surface area contributed by atoms with Crippen LogP contribution in [-0.4, -0.2) is 6.04 Å². The van der Waals surface area contributed by atoms with Gasteiger partial charge in [0.05, 0.1) is 0 Å². The summed E-state index contributed by atoms with van der Waals surface area (Å²) < 4.78 is 1.40. The lowest BCUT2D eigenvalue weighted by atomic mass is 10.2. The molecule has 0 bridgehead atoms. The fourth-order valence-electron chi connectivity index (χ4n) is 1.66. The van der Waals surface area contributed by atoms with Crippen LogP contribution in [-0.2, 0) is 6.54 Å². The Morgan fingerprint density at radius 3 is 2.93 bits per heavy atom. The van der Waals surface area contributed by atoms with Gasteiger partial charge < -0.3 is 5.32 Å². The van der Waals surface area contributed by atoms with Crippen LogP contribution in [0.4, 0.5) is 0 Å². The first-order valence-corrected chi connectivity index (χ1v) is 5.94. The maximum Gasteiger partial charge on any atom is 0.0346 e. The molecule has 0 amide bonds. The Bertz CT molecular complexity index is 409. The van der Waals surface area contributed by atoms with Crippen LogP contribution in [0.25, 0.3) is 10.1 Å². The van der Waals surface area contributed by atoms with Crippen LogP contribution in [0.1, 0.15) is 17.7 Å². The fraction of sp³-hybridized carbons (Fsp3) is 0.333. The zero-order valence-electron chi connectivity index (χ0n) is 7.99. The van der Waals surface area contributed by atoms with E-state index in [0.29, 0.717) is 0 Å². The smallest absolute Gasteiger partial charge is 0.0346 e. The van der Waals surface area contributed by atoms with Crippen molar-refractivity contribution >= 4 is 21.4 Å². The van der Waals surface area contributed by atoms with E-state index in [9.17, 15) is 0 Å². The van der Waals surface area contributed by atoms with Crippen LogP contribution in [0.3, 0.4) is 0 Å². The summed E-state index contributed by atoms with van der Waals surface area (Å²) in [5, 5.41) is 4.92. The van der Waals surface area contributed by atoms with Crippen molar-refractivity contribution in [2.45, 2.75) is 25.4 Å². The van der Waals surface area contributed by atoms with Crippen LogP contribution in [0.15, 0.2) is 30.3 Å². The minimum absolute atomic E-state index is 0.806. The quantitative estimate of drug-likeness (QED) is 0.808. The lowest BCUT2D eigenvalue weighted by molar-refractivity contribution is 0.695. The van der Waals surface area contributed by atoms with Gasteiger partial charge in [0.15, 0.2) is 0 Å². The van der Waals surface area contributed by atoms with Crippen molar-refractivity contribution in [1.29, 1.82) is 0 Å². The van der Waals surface area contributed by atoms with Gasteiger partial charge in [-0.15, -0.1) is 11.3 Å². The first-order valence-electron chi connectivity index (χ1n) is 5.13. The molecule has 1 aromatic carbocycles. The van der Waals surface area contributed by atoms with E-state index in [1.807, 2.05) is 11.3 Å². The average molecular weight is 203 g/mol. The number of benzene rings is 1. The number of rotatable bonds is 3. The van der Waals surface area contributed by atoms with Crippen LogP contribution < -0.4 is 5.32 Å². The van der Waals surface area contributed by atoms with Crippen molar-refractivity contribution in [2.75, 3.05) is 0 Å². The molecule has 1 nitrogen and oxygen atoms in total. The van der Waals surface area contributed by atoms with Crippen LogP contribution >= 0.6 is 11.3 Å². The highest BCUT2D eigenvalue weighted by molar-refractivity contribution is 7.19. The monoisotopic (exact) mass is 203 g/mol. The summed E-state index contributed by atoms with van der Waals surface area (Å²) in [4.78, 5) is 1.46. The maximum atomic E-state index is 3.54. The van der Waals surface area contributed by atoms with Gasteiger partial charge in [0, 0.05) is 22.2 Å². The van der Waals surface area contributed by atoms with Crippen LogP contribution in [0, 0.1) is 0 Å². The van der Waals surface area contributed by atoms with Crippen molar-refractivity contribution in [1.82, 2.24) is 5.32 Å². The number of nitrogens with one attached hydrogen (secondary N) is 1. The number of hydrogen-bond acceptors (Lipinski definition) is 2. The molecule has 1 N–H and O–H groups in total. The third kappa shape index (κ3) is 1.68. The van der Waals surface area contributed by atoms with Gasteiger partial charge in [-0.05, 0) is 30.4 Å². The molecule has 0 unspecified atom stereocenters. The maximum absolute atomic E-state index is 3.54. The minimum Gasteiger partial charge on any atom is -0.309 e. The Labute approximate surface area is 87.8 Å². The third-order valence-electron chi connectivity index (χ3n) is 2.62. The largest absolute Gasteiger partial charge is 0.309 e. The Hall–Kier alpha value is -0.860. The van der Waals surface area contributed by atoms with Gasteiger partial charge in [-0.1, -0.05) is 18.2 Å². The highest BCUT2D eigenvalue weighted by atomic mass is 32.1. The topological polar surface area (TPSA) is 12.0 Å². The molecule has 2 heteroatoms. The predicted octanol–water partition coefficient (Wildman–Crippen LogP) is 3.15. The SMILES string of the molecule is c1ccc2sc(CNC3CC3)cc2c1. The summed E-state index contributed by atoms with van der Waals surface area (Å²) in [5.74, 6) is 0. The Morgan fingerprint density at radius 2 is 2.14 bits per heavy atom. The van der Waals surface area contributed by atoms with Gasteiger partial charge in [-0.25, -0.2) is 0 Å². The molecule has 1 heterocycles. The molecule has 1 aliphatic carbocycles. The van der Waals surface area contributed by atoms with Crippen molar-refractivity contribution < 1.29 is 0 Å². The second-order valence-electron chi connectivity index (χ2n) is 3.91. The lowest BCUT2D eigenvalue weighted by Crippen LogP contribution is -2.14. The van der Waals surface area contributed by atoms with Crippen molar-refractivity contribution in [3.8, 4) is 0 Å². The second kappa shape index (κ2) is 3.37. The zero-order valence-corrected chi connectivity index (χ0v) is 8.81. The molecule has 3 rings (SSSR count). The lowest BCUT2D eigenvalue weighted by Gasteiger charge is -1.97. The van der Waals surface area contributed by atoms with Crippen LogP contribution in [0.5, 0.6) is 0 Å². The number of fused-ring (bicyclic) bond motifs is 1. The summed E-state index contributed by atoms with van der Waals surface area (Å²) in [6.45, 7) is 1.05. The van der Waals surface area contributed by atoms with Gasteiger partial charge in [0.25, 0.3) is 0 Å². The highest BCUT2D eigenvalue weighted by Gasteiger charge is 2.20. The predicted molar refractivity (Wildman–Crippen MR) is 61.7 cm³/mol. The molecule has 1 saturated carbocycles. The summed E-state index contributed by atoms with van der Waals surface area (Å²) in [6, 6.07) is 11.7. The molecule has 1 aromatic heterocycles. The Kier molecular flexibility index (Phi) is 2.03. The van der Waals surface area contributed by atoms with Gasteiger partial charge in [0.2, 0.25) is 0 Å². The number of thiophene rings is 1. The number of hydrogen-bond donors (Lipinski definition) is 1. The first-order chi connectivity index (χ1) is 6.92. The third-order valence-corrected chi connectivity index (χ3v) is 3.73. The fourth-order valence-corrected chi connectivity index (χ4v) is 2.67. The van der Waals surface area contributed by atoms with Crippen molar-refractivity contribution in [3.05, 3.63) is 35.2 Å². The molecule has 0 radical (unpaired) electrons. The molecule has 0 aliphatic heterocycles. The van der Waals surface area contributed by atoms with E-state index in [0.717, 1.165) is 12.6 Å². The van der Waals surface area contributed by atoms with E-state index in [1.54, 1.807) is 0 Å². The normalized spacial score (nSPS) is 16.3. The molecular formula is C12H13NS. The summed E-state index contributed by atoms with van der Waals surface area (Å²) in [5.41, 5.74) is 0. The molecule has 72 valence electrons. The summed E-state index contributed by atoms with van der Waals surface area (Å²) >= 11 is 1.90. The van der Waals surface area contributed by atoms with Crippen LogP contribution in [0.2, 0.25) is 0 Å². The van der Waals surface area contributed by atoms with Gasteiger partial charge in [-0.3, -0.25) is 0 Å². The van der Waals surface area contributed by atoms with E-state index < -0.39 is 0 Å². The minimum atomic E-state index is 0.806. The van der Waals surface area contributed by atoms with Gasteiger partial charge in [-0.2, -0.15) is 0 Å². The van der Waals surface area contributed by atoms with Crippen molar-refractivity contribution in [2.24, 2.45) is 0 Å². The molecule has 1 aliphatic rings. The summed E-state index contributed by atoms with van der Waals surface area (Å²) in [6.07, 6.45) is 2.73. The summed E-state index contributed by atoms with van der Waals surface area (Å²) in [7, 11) is 0. The Morgan fingerprint density at radius 1 is 1.29 bits per heavy atom. The zero-order chi connectivity index (χ0) is 9.38. The van der Waals surface area contributed by atoms with E-state index in [2.05, 4.69) is 35.6 Å². The van der Waals surface area contributed by atoms with E-state index in [4.69, 9.17) is 0 Å². The molecular weight excluding hydrogens is 190 g/mol. The Balaban J connectivity index is 1.82. The van der Waals surface area contributed by atoms with E-state index in [-0.39, 0.29) is 0 Å². The first kappa shape index (κ1) is 8.45. The molecule has 0 saturated heterocycles. The van der Waals surface area contributed by atoms with Gasteiger partial charge in [0.1, 0.15) is 0 Å². The van der Waals surface area contributed by atoms with Crippen molar-refractivity contribution in [3.63, 3.8) is 0 Å². The molecule has 0 spiro atoms. The highest BCUT2D eigenvalue weighted by Crippen LogP contribution is 2.26. The standard InChI is InChI=1S/C12H13NS/c1-2-4-12-9(3-1)7-11(14-12)8-13-10-5-6-10/h1-4,7,10,13H,5-6,8H2. The molecule has 0 atom stereocenters. The second-order valence-corrected chi connectivity index (χ2v) is 5.07. The van der Waals surface area contributed by atoms with Gasteiger partial charge >= 0.3 is 0 Å². The molecule has 1 fully saturated rings.